The Kier molecular flexibility index (Phi) is 6.49. The van der Waals surface area contributed by atoms with Crippen molar-refractivity contribution in [3.8, 4) is 11.3 Å². The molecule has 0 saturated heterocycles. The highest BCUT2D eigenvalue weighted by atomic mass is 16.3. The van der Waals surface area contributed by atoms with Crippen molar-refractivity contribution in [1.29, 1.82) is 0 Å². The number of hydrogen-bond acceptors (Lipinski definition) is 6. The van der Waals surface area contributed by atoms with Crippen molar-refractivity contribution in [3.05, 3.63) is 35.8 Å². The number of aromatic nitrogens is 4. The molecule has 7 heteroatoms. The maximum absolute atomic E-state index is 9.22. The van der Waals surface area contributed by atoms with E-state index in [9.17, 15) is 5.11 Å². The van der Waals surface area contributed by atoms with Crippen LogP contribution in [0.4, 0.5) is 5.82 Å². The predicted octanol–water partition coefficient (Wildman–Crippen LogP) is 3.71. The van der Waals surface area contributed by atoms with Crippen LogP contribution < -0.4 is 11.5 Å². The second-order valence-electron chi connectivity index (χ2n) is 7.89. The number of nitrogens with one attached hydrogen (secondary N) is 1. The van der Waals surface area contributed by atoms with Crippen molar-refractivity contribution in [3.63, 3.8) is 0 Å². The maximum atomic E-state index is 9.22. The lowest BCUT2D eigenvalue weighted by molar-refractivity contribution is 0.237. The molecule has 0 amide bonds. The summed E-state index contributed by atoms with van der Waals surface area (Å²) in [5.41, 5.74) is 15.9. The van der Waals surface area contributed by atoms with Crippen LogP contribution in [0, 0.1) is 12.3 Å². The van der Waals surface area contributed by atoms with Gasteiger partial charge in [-0.05, 0) is 44.1 Å². The number of nitrogen functional groups attached to an aromatic ring is 1. The maximum Gasteiger partial charge on any atom is 0.147 e. The summed E-state index contributed by atoms with van der Waals surface area (Å²) in [5, 5.41) is 17.2. The van der Waals surface area contributed by atoms with Gasteiger partial charge in [-0.1, -0.05) is 32.4 Å². The SMILES string of the molecule is CCC1(CC)CCC[C@H]1N.Cc1nc(N)c(CO)nc1-c1ccc2cn[nH]c2c1. The zero-order valence-corrected chi connectivity index (χ0v) is 17.6. The minimum atomic E-state index is -0.224. The number of hydrogen-bond donors (Lipinski definition) is 4. The van der Waals surface area contributed by atoms with Crippen molar-refractivity contribution in [2.45, 2.75) is 65.5 Å². The molecule has 7 nitrogen and oxygen atoms in total. The Morgan fingerprint density at radius 2 is 2.00 bits per heavy atom. The van der Waals surface area contributed by atoms with Gasteiger partial charge in [0.15, 0.2) is 0 Å². The lowest BCUT2D eigenvalue weighted by Crippen LogP contribution is -2.35. The molecule has 2 heterocycles. The minimum absolute atomic E-state index is 0.224. The highest BCUT2D eigenvalue weighted by molar-refractivity contribution is 5.83. The summed E-state index contributed by atoms with van der Waals surface area (Å²) in [6.07, 6.45) is 8.26. The number of nitrogens with zero attached hydrogens (tertiary/aromatic N) is 3. The molecule has 1 fully saturated rings. The monoisotopic (exact) mass is 396 g/mol. The van der Waals surface area contributed by atoms with E-state index in [1.165, 1.54) is 32.1 Å². The first-order chi connectivity index (χ1) is 13.9. The predicted molar refractivity (Wildman–Crippen MR) is 117 cm³/mol. The Morgan fingerprint density at radius 1 is 1.24 bits per heavy atom. The van der Waals surface area contributed by atoms with Gasteiger partial charge in [-0.2, -0.15) is 5.10 Å². The molecule has 0 aliphatic heterocycles. The van der Waals surface area contributed by atoms with Gasteiger partial charge in [0.1, 0.15) is 11.5 Å². The Morgan fingerprint density at radius 3 is 2.59 bits per heavy atom. The zero-order chi connectivity index (χ0) is 21.0. The normalized spacial score (nSPS) is 17.9. The fourth-order valence-electron chi connectivity index (χ4n) is 4.34. The van der Waals surface area contributed by atoms with E-state index in [2.05, 4.69) is 34.0 Å². The van der Waals surface area contributed by atoms with Crippen LogP contribution in [0.1, 0.15) is 57.3 Å². The van der Waals surface area contributed by atoms with E-state index in [-0.39, 0.29) is 12.4 Å². The van der Waals surface area contributed by atoms with Gasteiger partial charge >= 0.3 is 0 Å². The standard InChI is InChI=1S/C13H13N5O.C9H19N/c1-7-12(17-11(6-19)13(14)16-7)8-2-3-9-5-15-18-10(9)4-8;1-3-9(4-2)7-5-6-8(9)10/h2-5,19H,6H2,1H3,(H2,14,16)(H,15,18);8H,3-7,10H2,1-2H3/t;8-/m.1/s1. The Balaban J connectivity index is 0.000000204. The van der Waals surface area contributed by atoms with Crippen LogP contribution in [0.5, 0.6) is 0 Å². The molecule has 0 bridgehead atoms. The van der Waals surface area contributed by atoms with Crippen LogP contribution in [-0.4, -0.2) is 31.3 Å². The first-order valence-electron chi connectivity index (χ1n) is 10.4. The fourth-order valence-corrected chi connectivity index (χ4v) is 4.34. The molecule has 0 spiro atoms. The van der Waals surface area contributed by atoms with Crippen molar-refractivity contribution >= 4 is 16.7 Å². The van der Waals surface area contributed by atoms with Crippen molar-refractivity contribution in [2.24, 2.45) is 11.1 Å². The van der Waals surface area contributed by atoms with Crippen molar-refractivity contribution in [2.75, 3.05) is 5.73 Å². The molecule has 4 rings (SSSR count). The molecule has 156 valence electrons. The van der Waals surface area contributed by atoms with Crippen LogP contribution >= 0.6 is 0 Å². The Bertz CT molecular complexity index is 963. The molecular formula is C22H32N6O. The molecule has 1 saturated carbocycles. The van der Waals surface area contributed by atoms with Crippen molar-refractivity contribution in [1.82, 2.24) is 20.2 Å². The number of benzene rings is 1. The van der Waals surface area contributed by atoms with E-state index in [1.807, 2.05) is 25.1 Å². The summed E-state index contributed by atoms with van der Waals surface area (Å²) in [5.74, 6) is 0.270. The van der Waals surface area contributed by atoms with Gasteiger partial charge in [-0.3, -0.25) is 5.10 Å². The highest BCUT2D eigenvalue weighted by Gasteiger charge is 2.37. The summed E-state index contributed by atoms with van der Waals surface area (Å²) < 4.78 is 0. The molecule has 1 atom stereocenters. The summed E-state index contributed by atoms with van der Waals surface area (Å²) >= 11 is 0. The number of aromatic amines is 1. The first kappa shape index (κ1) is 21.2. The molecule has 0 unspecified atom stereocenters. The number of H-pyrrole nitrogens is 1. The van der Waals surface area contributed by atoms with Crippen LogP contribution in [0.2, 0.25) is 0 Å². The summed E-state index contributed by atoms with van der Waals surface area (Å²) in [7, 11) is 0. The molecule has 3 aromatic rings. The lowest BCUT2D eigenvalue weighted by atomic mass is 9.78. The summed E-state index contributed by atoms with van der Waals surface area (Å²) in [4.78, 5) is 8.60. The third-order valence-corrected chi connectivity index (χ3v) is 6.42. The average Bonchev–Trinajstić information content (AvgIpc) is 3.34. The van der Waals surface area contributed by atoms with Crippen LogP contribution in [0.15, 0.2) is 24.4 Å². The van der Waals surface area contributed by atoms with Gasteiger partial charge in [0.05, 0.1) is 29.7 Å². The van der Waals surface area contributed by atoms with Crippen LogP contribution in [0.25, 0.3) is 22.2 Å². The Hall–Kier alpha value is -2.51. The minimum Gasteiger partial charge on any atom is -0.390 e. The zero-order valence-electron chi connectivity index (χ0n) is 17.6. The number of rotatable bonds is 4. The van der Waals surface area contributed by atoms with E-state index in [0.717, 1.165) is 27.9 Å². The molecule has 6 N–H and O–H groups in total. The average molecular weight is 397 g/mol. The molecule has 0 radical (unpaired) electrons. The van der Waals surface area contributed by atoms with Crippen LogP contribution in [-0.2, 0) is 6.61 Å². The van der Waals surface area contributed by atoms with Gasteiger partial charge in [0.2, 0.25) is 0 Å². The second kappa shape index (κ2) is 8.88. The fraction of sp³-hybridized carbons (Fsp3) is 0.500. The van der Waals surface area contributed by atoms with E-state index in [1.54, 1.807) is 6.20 Å². The molecule has 1 aliphatic rings. The first-order valence-corrected chi connectivity index (χ1v) is 10.4. The number of anilines is 1. The lowest BCUT2D eigenvalue weighted by Gasteiger charge is -2.30. The van der Waals surface area contributed by atoms with Crippen LogP contribution in [0.3, 0.4) is 0 Å². The number of fused-ring (bicyclic) bond motifs is 1. The molecule has 29 heavy (non-hydrogen) atoms. The molecular weight excluding hydrogens is 364 g/mol. The van der Waals surface area contributed by atoms with E-state index in [4.69, 9.17) is 11.5 Å². The summed E-state index contributed by atoms with van der Waals surface area (Å²) in [6, 6.07) is 6.36. The van der Waals surface area contributed by atoms with E-state index in [0.29, 0.717) is 17.2 Å². The number of aliphatic hydroxyl groups excluding tert-OH is 1. The number of aliphatic hydroxyl groups is 1. The van der Waals surface area contributed by atoms with Gasteiger partial charge in [0.25, 0.3) is 0 Å². The number of aryl methyl sites for hydroxylation is 1. The Labute approximate surface area is 171 Å². The molecule has 2 aromatic heterocycles. The van der Waals surface area contributed by atoms with E-state index < -0.39 is 0 Å². The molecule has 1 aromatic carbocycles. The van der Waals surface area contributed by atoms with Gasteiger partial charge < -0.3 is 16.6 Å². The van der Waals surface area contributed by atoms with E-state index >= 15 is 0 Å². The quantitative estimate of drug-likeness (QED) is 0.532. The van der Waals surface area contributed by atoms with Crippen molar-refractivity contribution < 1.29 is 5.11 Å². The third kappa shape index (κ3) is 4.26. The highest BCUT2D eigenvalue weighted by Crippen LogP contribution is 2.42. The molecule has 1 aliphatic carbocycles. The van der Waals surface area contributed by atoms with Gasteiger partial charge in [-0.25, -0.2) is 9.97 Å². The van der Waals surface area contributed by atoms with Gasteiger partial charge in [0, 0.05) is 17.0 Å². The largest absolute Gasteiger partial charge is 0.390 e. The van der Waals surface area contributed by atoms with Gasteiger partial charge in [-0.15, -0.1) is 0 Å². The third-order valence-electron chi connectivity index (χ3n) is 6.42. The second-order valence-corrected chi connectivity index (χ2v) is 7.89. The number of nitrogens with two attached hydrogens (primary N) is 2. The smallest absolute Gasteiger partial charge is 0.147 e. The summed E-state index contributed by atoms with van der Waals surface area (Å²) in [6.45, 7) is 6.17. The topological polar surface area (TPSA) is 127 Å².